The molecular formula is C23H24Cl2N2O2. The van der Waals surface area contributed by atoms with Gasteiger partial charge < -0.3 is 10.6 Å². The molecule has 0 aliphatic carbocycles. The molecule has 4 nitrogen and oxygen atoms in total. The molecule has 2 aromatic carbocycles. The van der Waals surface area contributed by atoms with Crippen LogP contribution in [0.2, 0.25) is 10.0 Å². The molecule has 0 radical (unpaired) electrons. The highest BCUT2D eigenvalue weighted by Gasteiger charge is 2.59. The molecule has 0 aromatic heterocycles. The highest BCUT2D eigenvalue weighted by atomic mass is 35.5. The summed E-state index contributed by atoms with van der Waals surface area (Å²) in [5.74, 6) is -0.263. The quantitative estimate of drug-likeness (QED) is 0.706. The number of carbonyl (C=O) groups excluding carboxylic acids is 2. The minimum Gasteiger partial charge on any atom is -0.356 e. The largest absolute Gasteiger partial charge is 0.356 e. The number of rotatable bonds is 3. The van der Waals surface area contributed by atoms with E-state index in [1.807, 2.05) is 36.4 Å². The molecule has 2 amide bonds. The molecule has 3 atom stereocenters. The molecule has 0 unspecified atom stereocenters. The van der Waals surface area contributed by atoms with Gasteiger partial charge >= 0.3 is 0 Å². The van der Waals surface area contributed by atoms with Gasteiger partial charge in [0.05, 0.1) is 5.41 Å². The molecule has 152 valence electrons. The topological polar surface area (TPSA) is 58.2 Å². The molecule has 2 heterocycles. The van der Waals surface area contributed by atoms with Gasteiger partial charge in [-0.15, -0.1) is 0 Å². The molecule has 4 rings (SSSR count). The van der Waals surface area contributed by atoms with E-state index in [2.05, 4.69) is 24.5 Å². The van der Waals surface area contributed by atoms with Crippen molar-refractivity contribution in [2.45, 2.75) is 38.0 Å². The predicted molar refractivity (Wildman–Crippen MR) is 117 cm³/mol. The number of amides is 2. The summed E-state index contributed by atoms with van der Waals surface area (Å²) in [6.07, 6.45) is 0.989. The van der Waals surface area contributed by atoms with E-state index in [1.165, 1.54) is 0 Å². The Kier molecular flexibility index (Phi) is 5.34. The van der Waals surface area contributed by atoms with Gasteiger partial charge in [0.1, 0.15) is 0 Å². The fourth-order valence-electron chi connectivity index (χ4n) is 5.15. The molecule has 6 heteroatoms. The lowest BCUT2D eigenvalue weighted by Crippen LogP contribution is -2.48. The first-order chi connectivity index (χ1) is 13.8. The van der Waals surface area contributed by atoms with Gasteiger partial charge in [-0.05, 0) is 48.1 Å². The van der Waals surface area contributed by atoms with Crippen molar-refractivity contribution in [2.24, 2.45) is 11.8 Å². The van der Waals surface area contributed by atoms with Crippen molar-refractivity contribution in [1.29, 1.82) is 0 Å². The Morgan fingerprint density at radius 3 is 2.62 bits per heavy atom. The Hall–Kier alpha value is -2.04. The van der Waals surface area contributed by atoms with Crippen LogP contribution < -0.4 is 10.6 Å². The van der Waals surface area contributed by atoms with Gasteiger partial charge in [0.2, 0.25) is 11.8 Å². The number of hydrogen-bond acceptors (Lipinski definition) is 2. The molecule has 29 heavy (non-hydrogen) atoms. The number of anilines is 1. The van der Waals surface area contributed by atoms with Crippen molar-refractivity contribution in [2.75, 3.05) is 11.9 Å². The minimum atomic E-state index is -0.943. The Bertz CT molecular complexity index is 975. The third kappa shape index (κ3) is 3.32. The average molecular weight is 431 g/mol. The molecule has 1 saturated heterocycles. The fraction of sp³-hybridized carbons (Fsp3) is 0.391. The van der Waals surface area contributed by atoms with Crippen LogP contribution in [0.3, 0.4) is 0 Å². The van der Waals surface area contributed by atoms with Gasteiger partial charge in [-0.2, -0.15) is 0 Å². The summed E-state index contributed by atoms with van der Waals surface area (Å²) in [5.41, 5.74) is 1.48. The zero-order valence-electron chi connectivity index (χ0n) is 16.5. The minimum absolute atomic E-state index is 0.0612. The van der Waals surface area contributed by atoms with E-state index in [-0.39, 0.29) is 30.1 Å². The molecule has 2 aromatic rings. The van der Waals surface area contributed by atoms with Crippen LogP contribution in [0.1, 0.15) is 43.7 Å². The predicted octanol–water partition coefficient (Wildman–Crippen LogP) is 5.15. The molecule has 1 spiro atoms. The van der Waals surface area contributed by atoms with Crippen molar-refractivity contribution in [3.8, 4) is 0 Å². The standard InChI is InChI=1S/C23H24Cl2N2O2/c1-13(2)9-15-12-26-20(28)11-17(14-5-3-6-16(24)10-14)23(15)21-18(25)7-4-8-19(21)27-22(23)29/h3-8,10,13,15,17H,9,11-12H2,1-2H3,(H,26,28)(H,27,29)/t15-,17+,23+/m1/s1. The summed E-state index contributed by atoms with van der Waals surface area (Å²) in [4.78, 5) is 26.5. The Balaban J connectivity index is 2.02. The number of carbonyl (C=O) groups is 2. The van der Waals surface area contributed by atoms with Crippen molar-refractivity contribution < 1.29 is 9.59 Å². The number of halogens is 2. The van der Waals surface area contributed by atoms with E-state index < -0.39 is 5.41 Å². The maximum Gasteiger partial charge on any atom is 0.236 e. The van der Waals surface area contributed by atoms with Crippen LogP contribution in [0.4, 0.5) is 5.69 Å². The number of nitrogens with one attached hydrogen (secondary N) is 2. The molecule has 0 bridgehead atoms. The SMILES string of the molecule is CC(C)C[C@@H]1CNC(=O)C[C@@H](c2cccc(Cl)c2)[C@@]12C(=O)Nc1cccc(Cl)c12. The van der Waals surface area contributed by atoms with Crippen LogP contribution in [-0.2, 0) is 15.0 Å². The second kappa shape index (κ2) is 7.66. The number of fused-ring (bicyclic) bond motifs is 2. The van der Waals surface area contributed by atoms with Crippen molar-refractivity contribution in [3.63, 3.8) is 0 Å². The first-order valence-electron chi connectivity index (χ1n) is 9.96. The van der Waals surface area contributed by atoms with Crippen molar-refractivity contribution >= 4 is 40.7 Å². The summed E-state index contributed by atoms with van der Waals surface area (Å²) >= 11 is 13.0. The zero-order valence-corrected chi connectivity index (χ0v) is 18.0. The highest BCUT2D eigenvalue weighted by Crippen LogP contribution is 2.57. The molecule has 2 aliphatic rings. The lowest BCUT2D eigenvalue weighted by atomic mass is 9.59. The smallest absolute Gasteiger partial charge is 0.236 e. The monoisotopic (exact) mass is 430 g/mol. The molecule has 2 aliphatic heterocycles. The van der Waals surface area contributed by atoms with E-state index in [1.54, 1.807) is 6.07 Å². The first-order valence-corrected chi connectivity index (χ1v) is 10.7. The van der Waals surface area contributed by atoms with E-state index in [4.69, 9.17) is 23.2 Å². The second-order valence-electron chi connectivity index (χ2n) is 8.43. The van der Waals surface area contributed by atoms with E-state index >= 15 is 0 Å². The van der Waals surface area contributed by atoms with Gasteiger partial charge in [0, 0.05) is 40.2 Å². The maximum absolute atomic E-state index is 13.7. The summed E-state index contributed by atoms with van der Waals surface area (Å²) in [6, 6.07) is 13.0. The summed E-state index contributed by atoms with van der Waals surface area (Å²) < 4.78 is 0. The highest BCUT2D eigenvalue weighted by molar-refractivity contribution is 6.33. The Labute approximate surface area is 181 Å². The van der Waals surface area contributed by atoms with Crippen molar-refractivity contribution in [3.05, 3.63) is 63.6 Å². The summed E-state index contributed by atoms with van der Waals surface area (Å²) in [7, 11) is 0. The third-order valence-electron chi connectivity index (χ3n) is 6.19. The van der Waals surface area contributed by atoms with Gasteiger partial charge in [-0.3, -0.25) is 9.59 Å². The van der Waals surface area contributed by atoms with E-state index in [0.717, 1.165) is 23.2 Å². The van der Waals surface area contributed by atoms with Crippen LogP contribution in [0.15, 0.2) is 42.5 Å². The van der Waals surface area contributed by atoms with Crippen molar-refractivity contribution in [1.82, 2.24) is 5.32 Å². The zero-order chi connectivity index (χ0) is 20.8. The van der Waals surface area contributed by atoms with Crippen LogP contribution in [0.25, 0.3) is 0 Å². The van der Waals surface area contributed by atoms with Gasteiger partial charge in [0.15, 0.2) is 0 Å². The fourth-order valence-corrected chi connectivity index (χ4v) is 5.68. The Morgan fingerprint density at radius 1 is 1.14 bits per heavy atom. The third-order valence-corrected chi connectivity index (χ3v) is 6.74. The number of hydrogen-bond donors (Lipinski definition) is 2. The van der Waals surface area contributed by atoms with Gasteiger partial charge in [-0.1, -0.05) is 55.2 Å². The molecule has 2 N–H and O–H groups in total. The van der Waals surface area contributed by atoms with Crippen LogP contribution in [-0.4, -0.2) is 18.4 Å². The maximum atomic E-state index is 13.7. The normalized spacial score (nSPS) is 26.2. The van der Waals surface area contributed by atoms with Crippen LogP contribution in [0, 0.1) is 11.8 Å². The van der Waals surface area contributed by atoms with Crippen LogP contribution in [0.5, 0.6) is 0 Å². The second-order valence-corrected chi connectivity index (χ2v) is 9.27. The summed E-state index contributed by atoms with van der Waals surface area (Å²) in [6.45, 7) is 4.70. The lowest BCUT2D eigenvalue weighted by molar-refractivity contribution is -0.124. The molecular weight excluding hydrogens is 407 g/mol. The van der Waals surface area contributed by atoms with E-state index in [0.29, 0.717) is 22.5 Å². The van der Waals surface area contributed by atoms with Crippen LogP contribution >= 0.6 is 23.2 Å². The number of benzene rings is 2. The Morgan fingerprint density at radius 2 is 1.90 bits per heavy atom. The average Bonchev–Trinajstić information content (AvgIpc) is 2.88. The summed E-state index contributed by atoms with van der Waals surface area (Å²) in [5, 5.41) is 7.24. The van der Waals surface area contributed by atoms with Gasteiger partial charge in [0.25, 0.3) is 0 Å². The molecule has 0 saturated carbocycles. The molecule has 1 fully saturated rings. The lowest BCUT2D eigenvalue weighted by Gasteiger charge is -2.41. The van der Waals surface area contributed by atoms with E-state index in [9.17, 15) is 9.59 Å². The first kappa shape index (κ1) is 20.2. The van der Waals surface area contributed by atoms with Gasteiger partial charge in [-0.25, -0.2) is 0 Å².